The number of hydrogen-bond acceptors (Lipinski definition) is 4. The van der Waals surface area contributed by atoms with Crippen molar-refractivity contribution in [2.24, 2.45) is 4.99 Å². The first-order valence-electron chi connectivity index (χ1n) is 8.65. The Morgan fingerprint density at radius 3 is 2.62 bits per heavy atom. The lowest BCUT2D eigenvalue weighted by atomic mass is 10.1. The van der Waals surface area contributed by atoms with Gasteiger partial charge in [-0.05, 0) is 44.4 Å². The number of nitrogens with one attached hydrogen (secondary N) is 1. The van der Waals surface area contributed by atoms with E-state index in [1.807, 2.05) is 19.1 Å². The van der Waals surface area contributed by atoms with E-state index in [2.05, 4.69) is 46.7 Å². The summed E-state index contributed by atoms with van der Waals surface area (Å²) >= 11 is 1.69. The number of halogens is 1. The molecule has 5 nitrogen and oxygen atoms in total. The summed E-state index contributed by atoms with van der Waals surface area (Å²) < 4.78 is 5.19. The SMILES string of the molecule is CCNC(=NCCCc1ccc(OC)cc1)N(C)Cc1csc(C)n1.I. The highest BCUT2D eigenvalue weighted by molar-refractivity contribution is 14.0. The molecule has 0 fully saturated rings. The van der Waals surface area contributed by atoms with Crippen LogP contribution in [0.1, 0.15) is 29.6 Å². The summed E-state index contributed by atoms with van der Waals surface area (Å²) in [4.78, 5) is 11.4. The van der Waals surface area contributed by atoms with Gasteiger partial charge in [0.2, 0.25) is 0 Å². The van der Waals surface area contributed by atoms with Crippen LogP contribution in [0.3, 0.4) is 0 Å². The van der Waals surface area contributed by atoms with Crippen molar-refractivity contribution in [3.63, 3.8) is 0 Å². The monoisotopic (exact) mass is 488 g/mol. The third kappa shape index (κ3) is 7.49. The molecule has 0 radical (unpaired) electrons. The minimum absolute atomic E-state index is 0. The number of aliphatic imine (C=N–C) groups is 1. The zero-order valence-electron chi connectivity index (χ0n) is 16.0. The Kier molecular flexibility index (Phi) is 10.6. The van der Waals surface area contributed by atoms with Crippen LogP contribution in [0.4, 0.5) is 0 Å². The van der Waals surface area contributed by atoms with E-state index in [0.717, 1.165) is 54.9 Å². The van der Waals surface area contributed by atoms with Gasteiger partial charge >= 0.3 is 0 Å². The molecule has 1 aromatic carbocycles. The van der Waals surface area contributed by atoms with Gasteiger partial charge in [-0.15, -0.1) is 35.3 Å². The largest absolute Gasteiger partial charge is 0.497 e. The van der Waals surface area contributed by atoms with Gasteiger partial charge in [0.25, 0.3) is 0 Å². The maximum atomic E-state index is 5.19. The quantitative estimate of drug-likeness (QED) is 0.263. The number of nitrogens with zero attached hydrogens (tertiary/aromatic N) is 3. The van der Waals surface area contributed by atoms with E-state index in [1.54, 1.807) is 18.4 Å². The molecule has 1 heterocycles. The molecule has 0 aliphatic rings. The van der Waals surface area contributed by atoms with Crippen molar-refractivity contribution in [1.82, 2.24) is 15.2 Å². The molecule has 0 amide bonds. The van der Waals surface area contributed by atoms with Crippen molar-refractivity contribution in [2.45, 2.75) is 33.2 Å². The molecule has 0 spiro atoms. The molecule has 144 valence electrons. The number of hydrogen-bond donors (Lipinski definition) is 1. The number of methoxy groups -OCH3 is 1. The predicted molar refractivity (Wildman–Crippen MR) is 121 cm³/mol. The lowest BCUT2D eigenvalue weighted by Crippen LogP contribution is -2.38. The normalized spacial score (nSPS) is 11.0. The first-order chi connectivity index (χ1) is 12.1. The maximum Gasteiger partial charge on any atom is 0.194 e. The van der Waals surface area contributed by atoms with Crippen LogP contribution in [0.5, 0.6) is 5.75 Å². The summed E-state index contributed by atoms with van der Waals surface area (Å²) in [6.07, 6.45) is 2.03. The number of rotatable bonds is 8. The molecule has 0 atom stereocenters. The minimum Gasteiger partial charge on any atom is -0.497 e. The van der Waals surface area contributed by atoms with Gasteiger partial charge in [-0.3, -0.25) is 4.99 Å². The van der Waals surface area contributed by atoms with Crippen molar-refractivity contribution in [3.05, 3.63) is 45.9 Å². The van der Waals surface area contributed by atoms with Gasteiger partial charge in [-0.1, -0.05) is 12.1 Å². The molecule has 2 aromatic rings. The molecule has 2 rings (SSSR count). The molecule has 0 aliphatic heterocycles. The second-order valence-electron chi connectivity index (χ2n) is 5.90. The first-order valence-corrected chi connectivity index (χ1v) is 9.53. The van der Waals surface area contributed by atoms with Gasteiger partial charge in [0.05, 0.1) is 24.4 Å². The number of aryl methyl sites for hydroxylation is 2. The van der Waals surface area contributed by atoms with Crippen LogP contribution in [-0.2, 0) is 13.0 Å². The fraction of sp³-hybridized carbons (Fsp3) is 0.474. The zero-order valence-corrected chi connectivity index (χ0v) is 19.1. The summed E-state index contributed by atoms with van der Waals surface area (Å²) in [6.45, 7) is 6.56. The Bertz CT molecular complexity index is 672. The average molecular weight is 488 g/mol. The lowest BCUT2D eigenvalue weighted by Gasteiger charge is -2.21. The molecule has 7 heteroatoms. The van der Waals surface area contributed by atoms with Gasteiger partial charge in [-0.25, -0.2) is 4.98 Å². The average Bonchev–Trinajstić information content (AvgIpc) is 3.02. The number of benzene rings is 1. The fourth-order valence-corrected chi connectivity index (χ4v) is 3.13. The lowest BCUT2D eigenvalue weighted by molar-refractivity contribution is 0.414. The summed E-state index contributed by atoms with van der Waals surface area (Å²) in [5, 5.41) is 6.57. The van der Waals surface area contributed by atoms with E-state index < -0.39 is 0 Å². The smallest absolute Gasteiger partial charge is 0.194 e. The standard InChI is InChI=1S/C19H28N4OS.HI/c1-5-20-19(23(3)13-17-14-25-15(2)22-17)21-12-6-7-16-8-10-18(24-4)11-9-16;/h8-11,14H,5-7,12-13H2,1-4H3,(H,20,21);1H. The first kappa shape index (κ1) is 22.7. The van der Waals surface area contributed by atoms with Gasteiger partial charge in [0.1, 0.15) is 5.75 Å². The third-order valence-electron chi connectivity index (χ3n) is 3.81. The highest BCUT2D eigenvalue weighted by atomic mass is 127. The Morgan fingerprint density at radius 2 is 2.04 bits per heavy atom. The molecule has 0 bridgehead atoms. The van der Waals surface area contributed by atoms with E-state index in [-0.39, 0.29) is 24.0 Å². The van der Waals surface area contributed by atoms with Gasteiger partial charge in [0, 0.05) is 25.5 Å². The van der Waals surface area contributed by atoms with Crippen molar-refractivity contribution >= 4 is 41.3 Å². The molecule has 0 saturated heterocycles. The van der Waals surface area contributed by atoms with Crippen molar-refractivity contribution in [3.8, 4) is 5.75 Å². The van der Waals surface area contributed by atoms with Crippen LogP contribution >= 0.6 is 35.3 Å². The van der Waals surface area contributed by atoms with Crippen LogP contribution in [0.25, 0.3) is 0 Å². The number of guanidine groups is 1. The molecule has 1 aromatic heterocycles. The molecular formula is C19H29IN4OS. The van der Waals surface area contributed by atoms with Crippen molar-refractivity contribution in [1.29, 1.82) is 0 Å². The summed E-state index contributed by atoms with van der Waals surface area (Å²) in [5.41, 5.74) is 2.40. The fourth-order valence-electron chi connectivity index (χ4n) is 2.53. The molecular weight excluding hydrogens is 459 g/mol. The summed E-state index contributed by atoms with van der Waals surface area (Å²) in [7, 11) is 3.75. The van der Waals surface area contributed by atoms with Gasteiger partial charge < -0.3 is 15.0 Å². The second kappa shape index (κ2) is 12.1. The van der Waals surface area contributed by atoms with Gasteiger partial charge in [0.15, 0.2) is 5.96 Å². The van der Waals surface area contributed by atoms with E-state index in [1.165, 1.54) is 5.56 Å². The summed E-state index contributed by atoms with van der Waals surface area (Å²) in [6, 6.07) is 8.24. The van der Waals surface area contributed by atoms with Crippen molar-refractivity contribution in [2.75, 3.05) is 27.2 Å². The molecule has 0 saturated carbocycles. The Balaban J connectivity index is 0.00000338. The highest BCUT2D eigenvalue weighted by Gasteiger charge is 2.08. The number of aromatic nitrogens is 1. The zero-order chi connectivity index (χ0) is 18.1. The minimum atomic E-state index is 0. The maximum absolute atomic E-state index is 5.19. The van der Waals surface area contributed by atoms with Crippen LogP contribution < -0.4 is 10.1 Å². The number of ether oxygens (including phenoxy) is 1. The molecule has 0 aliphatic carbocycles. The molecule has 0 unspecified atom stereocenters. The third-order valence-corrected chi connectivity index (χ3v) is 4.63. The predicted octanol–water partition coefficient (Wildman–Crippen LogP) is 4.11. The van der Waals surface area contributed by atoms with Crippen LogP contribution in [-0.4, -0.2) is 43.1 Å². The summed E-state index contributed by atoms with van der Waals surface area (Å²) in [5.74, 6) is 1.83. The van der Waals surface area contributed by atoms with E-state index in [0.29, 0.717) is 0 Å². The van der Waals surface area contributed by atoms with E-state index in [9.17, 15) is 0 Å². The van der Waals surface area contributed by atoms with E-state index >= 15 is 0 Å². The highest BCUT2D eigenvalue weighted by Crippen LogP contribution is 2.13. The van der Waals surface area contributed by atoms with Gasteiger partial charge in [-0.2, -0.15) is 0 Å². The Labute approximate surface area is 177 Å². The number of thiazole rings is 1. The molecule has 26 heavy (non-hydrogen) atoms. The second-order valence-corrected chi connectivity index (χ2v) is 6.96. The van der Waals surface area contributed by atoms with E-state index in [4.69, 9.17) is 9.73 Å². The van der Waals surface area contributed by atoms with Crippen LogP contribution in [0.15, 0.2) is 34.6 Å². The van der Waals surface area contributed by atoms with Crippen LogP contribution in [0, 0.1) is 6.92 Å². The Morgan fingerprint density at radius 1 is 1.31 bits per heavy atom. The topological polar surface area (TPSA) is 49.8 Å². The van der Waals surface area contributed by atoms with Crippen molar-refractivity contribution < 1.29 is 4.74 Å². The molecule has 1 N–H and O–H groups in total. The van der Waals surface area contributed by atoms with Crippen LogP contribution in [0.2, 0.25) is 0 Å². The Hall–Kier alpha value is -1.35.